The Morgan fingerprint density at radius 3 is 2.94 bits per heavy atom. The lowest BCUT2D eigenvalue weighted by atomic mass is 9.93. The molecule has 2 rings (SSSR count). The van der Waals surface area contributed by atoms with Crippen LogP contribution in [0.1, 0.15) is 11.9 Å². The Balaban J connectivity index is 2.61. The van der Waals surface area contributed by atoms with E-state index < -0.39 is 6.23 Å². The van der Waals surface area contributed by atoms with E-state index in [9.17, 15) is 5.11 Å². The molecular formula is C10H12BN3O2. The molecule has 1 unspecified atom stereocenters. The predicted octanol–water partition coefficient (Wildman–Crippen LogP) is -0.575. The lowest BCUT2D eigenvalue weighted by Crippen LogP contribution is -2.27. The molecular weight excluding hydrogens is 205 g/mol. The van der Waals surface area contributed by atoms with Gasteiger partial charge in [-0.2, -0.15) is 0 Å². The Kier molecular flexibility index (Phi) is 2.87. The van der Waals surface area contributed by atoms with E-state index in [1.165, 1.54) is 0 Å². The molecule has 5 nitrogen and oxygen atoms in total. The van der Waals surface area contributed by atoms with Gasteiger partial charge < -0.3 is 14.8 Å². The first-order valence-electron chi connectivity index (χ1n) is 4.76. The quantitative estimate of drug-likeness (QED) is 0.240. The van der Waals surface area contributed by atoms with E-state index in [-0.39, 0.29) is 0 Å². The molecule has 5 N–H and O–H groups in total. The summed E-state index contributed by atoms with van der Waals surface area (Å²) in [6.45, 7) is 0. The SMILES string of the molecule is [B]c1ccc2[nH]c(C(O)NN)cc2c1OC. The Bertz CT molecular complexity index is 512. The average Bonchev–Trinajstić information content (AvgIpc) is 2.71. The molecule has 82 valence electrons. The first-order valence-corrected chi connectivity index (χ1v) is 4.76. The summed E-state index contributed by atoms with van der Waals surface area (Å²) < 4.78 is 5.21. The van der Waals surface area contributed by atoms with Gasteiger partial charge in [-0.15, -0.1) is 0 Å². The Labute approximate surface area is 94.0 Å². The van der Waals surface area contributed by atoms with Gasteiger partial charge in [0.15, 0.2) is 6.23 Å². The van der Waals surface area contributed by atoms with Crippen molar-refractivity contribution in [2.24, 2.45) is 5.84 Å². The van der Waals surface area contributed by atoms with Crippen LogP contribution in [0.4, 0.5) is 0 Å². The minimum atomic E-state index is -0.946. The molecule has 0 saturated heterocycles. The monoisotopic (exact) mass is 217 g/mol. The lowest BCUT2D eigenvalue weighted by molar-refractivity contribution is 0.136. The maximum atomic E-state index is 9.52. The topological polar surface area (TPSA) is 83.3 Å². The molecule has 1 heterocycles. The zero-order valence-electron chi connectivity index (χ0n) is 8.82. The second-order valence-corrected chi connectivity index (χ2v) is 3.44. The number of methoxy groups -OCH3 is 1. The molecule has 1 aromatic heterocycles. The number of aliphatic hydroxyl groups excluding tert-OH is 1. The Morgan fingerprint density at radius 1 is 1.56 bits per heavy atom. The van der Waals surface area contributed by atoms with E-state index in [1.54, 1.807) is 19.2 Å². The minimum absolute atomic E-state index is 0.552. The maximum absolute atomic E-state index is 9.52. The van der Waals surface area contributed by atoms with Crippen LogP contribution in [0, 0.1) is 0 Å². The third kappa shape index (κ3) is 1.67. The van der Waals surface area contributed by atoms with Crippen molar-refractivity contribution in [3.05, 3.63) is 23.9 Å². The summed E-state index contributed by atoms with van der Waals surface area (Å²) in [6.07, 6.45) is -0.946. The van der Waals surface area contributed by atoms with Crippen LogP contribution in [-0.4, -0.2) is 25.0 Å². The first-order chi connectivity index (χ1) is 7.67. The summed E-state index contributed by atoms with van der Waals surface area (Å²) in [7, 11) is 7.32. The summed E-state index contributed by atoms with van der Waals surface area (Å²) >= 11 is 0. The van der Waals surface area contributed by atoms with Gasteiger partial charge in [0.05, 0.1) is 12.8 Å². The van der Waals surface area contributed by atoms with E-state index in [4.69, 9.17) is 18.4 Å². The van der Waals surface area contributed by atoms with E-state index in [1.807, 2.05) is 6.07 Å². The molecule has 2 radical (unpaired) electrons. The van der Waals surface area contributed by atoms with Crippen LogP contribution in [0.5, 0.6) is 5.75 Å². The van der Waals surface area contributed by atoms with Crippen molar-refractivity contribution in [2.75, 3.05) is 7.11 Å². The van der Waals surface area contributed by atoms with Crippen molar-refractivity contribution >= 4 is 24.2 Å². The summed E-state index contributed by atoms with van der Waals surface area (Å²) in [6, 6.07) is 5.30. The van der Waals surface area contributed by atoms with Crippen molar-refractivity contribution in [3.8, 4) is 5.75 Å². The fourth-order valence-electron chi connectivity index (χ4n) is 1.68. The van der Waals surface area contributed by atoms with Crippen LogP contribution in [0.25, 0.3) is 10.9 Å². The summed E-state index contributed by atoms with van der Waals surface area (Å²) in [5.74, 6) is 5.74. The molecule has 0 fully saturated rings. The van der Waals surface area contributed by atoms with Crippen molar-refractivity contribution in [3.63, 3.8) is 0 Å². The van der Waals surface area contributed by atoms with Gasteiger partial charge in [0.1, 0.15) is 13.6 Å². The van der Waals surface area contributed by atoms with Gasteiger partial charge in [-0.1, -0.05) is 11.5 Å². The van der Waals surface area contributed by atoms with Crippen molar-refractivity contribution < 1.29 is 9.84 Å². The van der Waals surface area contributed by atoms with E-state index in [2.05, 4.69) is 10.4 Å². The second-order valence-electron chi connectivity index (χ2n) is 3.44. The molecule has 1 atom stereocenters. The third-order valence-corrected chi connectivity index (χ3v) is 2.46. The van der Waals surface area contributed by atoms with E-state index in [0.717, 1.165) is 10.9 Å². The van der Waals surface area contributed by atoms with Gasteiger partial charge in [-0.05, 0) is 12.1 Å². The zero-order chi connectivity index (χ0) is 11.7. The average molecular weight is 217 g/mol. The number of benzene rings is 1. The second kappa shape index (κ2) is 4.17. The molecule has 2 aromatic rings. The molecule has 0 aliphatic heterocycles. The van der Waals surface area contributed by atoms with Gasteiger partial charge in [0.25, 0.3) is 0 Å². The van der Waals surface area contributed by atoms with Crippen molar-refractivity contribution in [1.29, 1.82) is 0 Å². The molecule has 1 aromatic carbocycles. The number of aromatic amines is 1. The fraction of sp³-hybridized carbons (Fsp3) is 0.200. The largest absolute Gasteiger partial charge is 0.497 e. The van der Waals surface area contributed by atoms with Crippen LogP contribution in [0.3, 0.4) is 0 Å². The normalized spacial score (nSPS) is 12.9. The zero-order valence-corrected chi connectivity index (χ0v) is 8.82. The van der Waals surface area contributed by atoms with Crippen LogP contribution in [0.15, 0.2) is 18.2 Å². The van der Waals surface area contributed by atoms with Gasteiger partial charge in [0, 0.05) is 10.9 Å². The Morgan fingerprint density at radius 2 is 2.31 bits per heavy atom. The van der Waals surface area contributed by atoms with E-state index >= 15 is 0 Å². The standard InChI is InChI=1S/C10H12BN3O2/c1-16-9-5-4-8(10(15)14-12)13-7(5)3-2-6(9)11/h2-4,10,13-15H,12H2,1H3. The number of aliphatic hydroxyl groups is 1. The Hall–Kier alpha value is -1.50. The number of hydrazine groups is 1. The summed E-state index contributed by atoms with van der Waals surface area (Å²) in [4.78, 5) is 3.02. The van der Waals surface area contributed by atoms with Crippen molar-refractivity contribution in [1.82, 2.24) is 10.4 Å². The molecule has 16 heavy (non-hydrogen) atoms. The lowest BCUT2D eigenvalue weighted by Gasteiger charge is -2.05. The molecule has 0 bridgehead atoms. The van der Waals surface area contributed by atoms with Crippen molar-refractivity contribution in [2.45, 2.75) is 6.23 Å². The summed E-state index contributed by atoms with van der Waals surface area (Å²) in [5.41, 5.74) is 4.18. The first kappa shape index (κ1) is 11.0. The fourth-order valence-corrected chi connectivity index (χ4v) is 1.68. The highest BCUT2D eigenvalue weighted by molar-refractivity contribution is 6.35. The molecule has 0 amide bonds. The number of hydrogen-bond acceptors (Lipinski definition) is 4. The van der Waals surface area contributed by atoms with E-state index in [0.29, 0.717) is 16.9 Å². The highest BCUT2D eigenvalue weighted by Crippen LogP contribution is 2.25. The highest BCUT2D eigenvalue weighted by Gasteiger charge is 2.12. The molecule has 0 spiro atoms. The number of H-pyrrole nitrogens is 1. The third-order valence-electron chi connectivity index (χ3n) is 2.46. The molecule has 0 aliphatic carbocycles. The molecule has 0 saturated carbocycles. The number of fused-ring (bicyclic) bond motifs is 1. The molecule has 0 aliphatic rings. The maximum Gasteiger partial charge on any atom is 0.158 e. The number of nitrogens with two attached hydrogens (primary N) is 1. The van der Waals surface area contributed by atoms with Crippen LogP contribution in [0.2, 0.25) is 0 Å². The predicted molar refractivity (Wildman–Crippen MR) is 62.5 cm³/mol. The van der Waals surface area contributed by atoms with Crippen LogP contribution in [-0.2, 0) is 0 Å². The smallest absolute Gasteiger partial charge is 0.158 e. The minimum Gasteiger partial charge on any atom is -0.497 e. The van der Waals surface area contributed by atoms with Gasteiger partial charge in [-0.25, -0.2) is 5.43 Å². The summed E-state index contributed by atoms with van der Waals surface area (Å²) in [5, 5.41) is 10.3. The number of ether oxygens (including phenoxy) is 1. The number of aromatic nitrogens is 1. The van der Waals surface area contributed by atoms with Crippen LogP contribution >= 0.6 is 0 Å². The van der Waals surface area contributed by atoms with Gasteiger partial charge in [0.2, 0.25) is 0 Å². The highest BCUT2D eigenvalue weighted by atomic mass is 16.5. The molecule has 6 heteroatoms. The van der Waals surface area contributed by atoms with Gasteiger partial charge in [-0.3, -0.25) is 5.84 Å². The number of rotatable bonds is 3. The van der Waals surface area contributed by atoms with Crippen LogP contribution < -0.4 is 21.5 Å². The number of nitrogens with one attached hydrogen (secondary N) is 2. The van der Waals surface area contributed by atoms with Gasteiger partial charge >= 0.3 is 0 Å². The number of hydrogen-bond donors (Lipinski definition) is 4.